The number of para-hydroxylation sites is 1. The Balaban J connectivity index is 1.94. The van der Waals surface area contributed by atoms with E-state index in [1.54, 1.807) is 11.8 Å². The third-order valence-electron chi connectivity index (χ3n) is 4.56. The third-order valence-corrected chi connectivity index (χ3v) is 5.36. The Kier molecular flexibility index (Phi) is 3.99. The Morgan fingerprint density at radius 3 is 2.57 bits per heavy atom. The van der Waals surface area contributed by atoms with Gasteiger partial charge in [0.2, 0.25) is 0 Å². The van der Waals surface area contributed by atoms with Gasteiger partial charge in [-0.15, -0.1) is 11.8 Å². The van der Waals surface area contributed by atoms with E-state index in [0.29, 0.717) is 6.04 Å². The van der Waals surface area contributed by atoms with Crippen LogP contribution in [0.5, 0.6) is 0 Å². The molecule has 0 radical (unpaired) electrons. The molecule has 2 aromatic carbocycles. The molecule has 0 amide bonds. The van der Waals surface area contributed by atoms with Gasteiger partial charge < -0.3 is 5.32 Å². The number of fused-ring (bicyclic) bond motifs is 1. The molecule has 0 aliphatic heterocycles. The van der Waals surface area contributed by atoms with Gasteiger partial charge in [0.1, 0.15) is 0 Å². The van der Waals surface area contributed by atoms with Crippen molar-refractivity contribution in [2.75, 3.05) is 11.6 Å². The van der Waals surface area contributed by atoms with E-state index in [0.717, 1.165) is 0 Å². The third kappa shape index (κ3) is 2.82. The first kappa shape index (κ1) is 14.5. The predicted octanol–water partition coefficient (Wildman–Crippen LogP) is 5.63. The summed E-state index contributed by atoms with van der Waals surface area (Å²) in [6.07, 6.45) is 4.55. The summed E-state index contributed by atoms with van der Waals surface area (Å²) >= 11 is 1.80. The van der Waals surface area contributed by atoms with Gasteiger partial charge in [-0.25, -0.2) is 0 Å². The zero-order chi connectivity index (χ0) is 14.9. The summed E-state index contributed by atoms with van der Waals surface area (Å²) in [5.74, 6) is 0. The summed E-state index contributed by atoms with van der Waals surface area (Å²) in [4.78, 5) is 1.32. The van der Waals surface area contributed by atoms with E-state index in [9.17, 15) is 0 Å². The van der Waals surface area contributed by atoms with Crippen molar-refractivity contribution < 1.29 is 0 Å². The number of anilines is 1. The van der Waals surface area contributed by atoms with E-state index in [1.807, 2.05) is 0 Å². The highest BCUT2D eigenvalue weighted by atomic mass is 32.2. The molecule has 0 saturated heterocycles. The fraction of sp³-hybridized carbons (Fsp3) is 0.368. The standard InChI is InChI=1S/C19H23NS/c1-19(2)13-12-16(14-8-4-5-9-15(14)19)20-17-10-6-7-11-18(17)21-3/h4-11,16,20H,12-13H2,1-3H3. The van der Waals surface area contributed by atoms with Gasteiger partial charge in [0.15, 0.2) is 0 Å². The molecule has 0 spiro atoms. The summed E-state index contributed by atoms with van der Waals surface area (Å²) in [5, 5.41) is 3.77. The van der Waals surface area contributed by atoms with Crippen LogP contribution in [-0.2, 0) is 5.41 Å². The Morgan fingerprint density at radius 2 is 1.76 bits per heavy atom. The fourth-order valence-corrected chi connectivity index (χ4v) is 3.88. The Labute approximate surface area is 132 Å². The minimum Gasteiger partial charge on any atom is -0.377 e. The summed E-state index contributed by atoms with van der Waals surface area (Å²) in [6.45, 7) is 4.72. The van der Waals surface area contributed by atoms with Crippen molar-refractivity contribution in [1.29, 1.82) is 0 Å². The second kappa shape index (κ2) is 5.76. The molecule has 1 aliphatic rings. The second-order valence-corrected chi connectivity index (χ2v) is 7.26. The fourth-order valence-electron chi connectivity index (χ4n) is 3.31. The molecule has 110 valence electrons. The van der Waals surface area contributed by atoms with Crippen LogP contribution < -0.4 is 5.32 Å². The summed E-state index contributed by atoms with van der Waals surface area (Å²) in [7, 11) is 0. The lowest BCUT2D eigenvalue weighted by Crippen LogP contribution is -2.29. The van der Waals surface area contributed by atoms with E-state index in [4.69, 9.17) is 0 Å². The normalized spacial score (nSPS) is 19.9. The van der Waals surface area contributed by atoms with Crippen molar-refractivity contribution >= 4 is 17.4 Å². The van der Waals surface area contributed by atoms with E-state index in [1.165, 1.54) is 34.6 Å². The van der Waals surface area contributed by atoms with Crippen LogP contribution in [0.3, 0.4) is 0 Å². The van der Waals surface area contributed by atoms with Gasteiger partial charge in [0.25, 0.3) is 0 Å². The molecule has 0 bridgehead atoms. The summed E-state index contributed by atoms with van der Waals surface area (Å²) in [5.41, 5.74) is 4.50. The number of hydrogen-bond acceptors (Lipinski definition) is 2. The molecule has 3 rings (SSSR count). The molecule has 1 atom stereocenters. The van der Waals surface area contributed by atoms with Crippen LogP contribution in [0.25, 0.3) is 0 Å². The van der Waals surface area contributed by atoms with Gasteiger partial charge >= 0.3 is 0 Å². The molecular formula is C19H23NS. The van der Waals surface area contributed by atoms with Crippen LogP contribution in [0, 0.1) is 0 Å². The van der Waals surface area contributed by atoms with Crippen molar-refractivity contribution in [2.24, 2.45) is 0 Å². The first-order valence-corrected chi connectivity index (χ1v) is 8.83. The molecule has 1 aliphatic carbocycles. The average molecular weight is 297 g/mol. The lowest BCUT2D eigenvalue weighted by atomic mass is 9.71. The number of benzene rings is 2. The van der Waals surface area contributed by atoms with Crippen LogP contribution in [0.2, 0.25) is 0 Å². The van der Waals surface area contributed by atoms with Gasteiger partial charge in [-0.1, -0.05) is 50.2 Å². The monoisotopic (exact) mass is 297 g/mol. The smallest absolute Gasteiger partial charge is 0.0517 e. The minimum atomic E-state index is 0.286. The molecule has 2 aromatic rings. The summed E-state index contributed by atoms with van der Waals surface area (Å²) < 4.78 is 0. The first-order valence-electron chi connectivity index (χ1n) is 7.61. The van der Waals surface area contributed by atoms with Crippen molar-refractivity contribution in [3.63, 3.8) is 0 Å². The SMILES string of the molecule is CSc1ccccc1NC1CCC(C)(C)c2ccccc21. The lowest BCUT2D eigenvalue weighted by Gasteiger charge is -2.38. The zero-order valence-electron chi connectivity index (χ0n) is 13.0. The molecule has 0 aromatic heterocycles. The number of nitrogens with one attached hydrogen (secondary N) is 1. The van der Waals surface area contributed by atoms with Crippen LogP contribution in [-0.4, -0.2) is 6.26 Å². The molecule has 1 unspecified atom stereocenters. The second-order valence-electron chi connectivity index (χ2n) is 6.41. The molecule has 0 heterocycles. The van der Waals surface area contributed by atoms with Crippen molar-refractivity contribution in [3.05, 3.63) is 59.7 Å². The van der Waals surface area contributed by atoms with Gasteiger partial charge in [-0.2, -0.15) is 0 Å². The Hall–Kier alpha value is -1.41. The van der Waals surface area contributed by atoms with Crippen molar-refractivity contribution in [3.8, 4) is 0 Å². The van der Waals surface area contributed by atoms with Gasteiger partial charge in [-0.3, -0.25) is 0 Å². The molecule has 1 N–H and O–H groups in total. The molecule has 2 heteroatoms. The van der Waals surface area contributed by atoms with E-state index < -0.39 is 0 Å². The van der Waals surface area contributed by atoms with Crippen LogP contribution in [0.15, 0.2) is 53.4 Å². The highest BCUT2D eigenvalue weighted by Gasteiger charge is 2.32. The minimum absolute atomic E-state index is 0.286. The number of rotatable bonds is 3. The number of thioether (sulfide) groups is 1. The average Bonchev–Trinajstić information content (AvgIpc) is 2.51. The predicted molar refractivity (Wildman–Crippen MR) is 93.3 cm³/mol. The molecule has 1 nitrogen and oxygen atoms in total. The van der Waals surface area contributed by atoms with E-state index >= 15 is 0 Å². The maximum atomic E-state index is 3.77. The van der Waals surface area contributed by atoms with E-state index in [-0.39, 0.29) is 5.41 Å². The first-order chi connectivity index (χ1) is 10.1. The Morgan fingerprint density at radius 1 is 1.05 bits per heavy atom. The van der Waals surface area contributed by atoms with Crippen molar-refractivity contribution in [2.45, 2.75) is 43.0 Å². The Bertz CT molecular complexity index is 633. The number of hydrogen-bond donors (Lipinski definition) is 1. The molecule has 21 heavy (non-hydrogen) atoms. The van der Waals surface area contributed by atoms with Crippen LogP contribution >= 0.6 is 11.8 Å². The lowest BCUT2D eigenvalue weighted by molar-refractivity contribution is 0.406. The summed E-state index contributed by atoms with van der Waals surface area (Å²) in [6, 6.07) is 17.9. The molecule has 0 saturated carbocycles. The maximum Gasteiger partial charge on any atom is 0.0517 e. The van der Waals surface area contributed by atoms with E-state index in [2.05, 4.69) is 74.0 Å². The zero-order valence-corrected chi connectivity index (χ0v) is 13.8. The molecule has 0 fully saturated rings. The molecular weight excluding hydrogens is 274 g/mol. The van der Waals surface area contributed by atoms with Crippen LogP contribution in [0.1, 0.15) is 43.9 Å². The van der Waals surface area contributed by atoms with Crippen molar-refractivity contribution in [1.82, 2.24) is 0 Å². The highest BCUT2D eigenvalue weighted by Crippen LogP contribution is 2.43. The topological polar surface area (TPSA) is 12.0 Å². The van der Waals surface area contributed by atoms with Gasteiger partial charge in [-0.05, 0) is 47.8 Å². The maximum absolute atomic E-state index is 3.77. The quantitative estimate of drug-likeness (QED) is 0.736. The van der Waals surface area contributed by atoms with Gasteiger partial charge in [0, 0.05) is 10.6 Å². The van der Waals surface area contributed by atoms with Gasteiger partial charge in [0.05, 0.1) is 6.04 Å². The highest BCUT2D eigenvalue weighted by molar-refractivity contribution is 7.98. The van der Waals surface area contributed by atoms with Crippen LogP contribution in [0.4, 0.5) is 5.69 Å². The largest absolute Gasteiger partial charge is 0.377 e.